The van der Waals surface area contributed by atoms with Crippen molar-refractivity contribution in [2.75, 3.05) is 36.4 Å². The summed E-state index contributed by atoms with van der Waals surface area (Å²) in [5.41, 5.74) is 0.939. The van der Waals surface area contributed by atoms with Gasteiger partial charge < -0.3 is 19.9 Å². The van der Waals surface area contributed by atoms with Crippen molar-refractivity contribution >= 4 is 23.2 Å². The van der Waals surface area contributed by atoms with Crippen LogP contribution < -0.4 is 15.0 Å². The minimum Gasteiger partial charge on any atom is -0.479 e. The Kier molecular flexibility index (Phi) is 5.75. The molecule has 2 heterocycles. The number of carbonyl (C=O) groups excluding carboxylic acids is 2. The molecule has 0 radical (unpaired) electrons. The Morgan fingerprint density at radius 2 is 1.89 bits per heavy atom. The fourth-order valence-corrected chi connectivity index (χ4v) is 3.46. The molecule has 1 unspecified atom stereocenters. The Labute approximate surface area is 161 Å². The van der Waals surface area contributed by atoms with Crippen LogP contribution in [0.15, 0.2) is 18.2 Å². The van der Waals surface area contributed by atoms with Crippen molar-refractivity contribution in [1.82, 2.24) is 4.90 Å². The third-order valence-electron chi connectivity index (χ3n) is 5.19. The molecule has 0 aromatic heterocycles. The van der Waals surface area contributed by atoms with Gasteiger partial charge in [0.1, 0.15) is 5.75 Å². The molecule has 2 aliphatic rings. The predicted octanol–water partition coefficient (Wildman–Crippen LogP) is 3.27. The Balaban J connectivity index is 1.79. The average Bonchev–Trinajstić information content (AvgIpc) is 2.62. The van der Waals surface area contributed by atoms with Crippen LogP contribution >= 0.6 is 0 Å². The van der Waals surface area contributed by atoms with Crippen molar-refractivity contribution in [3.63, 3.8) is 0 Å². The third kappa shape index (κ3) is 4.61. The highest BCUT2D eigenvalue weighted by molar-refractivity contribution is 6.01. The average molecular weight is 373 g/mol. The topological polar surface area (TPSA) is 61.9 Å². The molecule has 0 bridgehead atoms. The molecule has 1 fully saturated rings. The second-order valence-electron chi connectivity index (χ2n) is 8.54. The van der Waals surface area contributed by atoms with Crippen molar-refractivity contribution in [3.8, 4) is 5.75 Å². The van der Waals surface area contributed by atoms with Crippen LogP contribution in [-0.2, 0) is 9.59 Å². The van der Waals surface area contributed by atoms with Gasteiger partial charge in [0.2, 0.25) is 5.91 Å². The molecule has 6 nitrogen and oxygen atoms in total. The van der Waals surface area contributed by atoms with E-state index in [1.54, 1.807) is 6.92 Å². The van der Waals surface area contributed by atoms with Crippen LogP contribution in [0.25, 0.3) is 0 Å². The zero-order valence-electron chi connectivity index (χ0n) is 16.9. The zero-order valence-corrected chi connectivity index (χ0v) is 16.9. The highest BCUT2D eigenvalue weighted by Gasteiger charge is 2.32. The van der Waals surface area contributed by atoms with Crippen LogP contribution in [0.4, 0.5) is 11.4 Å². The Hall–Kier alpha value is -2.08. The summed E-state index contributed by atoms with van der Waals surface area (Å²) in [6.45, 7) is 11.1. The van der Waals surface area contributed by atoms with E-state index < -0.39 is 11.5 Å². The molecule has 1 N–H and O–H groups in total. The smallest absolute Gasteiger partial charge is 0.267 e. The molecule has 1 aromatic rings. The Bertz CT molecular complexity index is 705. The normalized spacial score (nSPS) is 20.8. The minimum atomic E-state index is -0.492. The summed E-state index contributed by atoms with van der Waals surface area (Å²) in [5, 5.41) is 2.94. The van der Waals surface area contributed by atoms with E-state index in [2.05, 4.69) is 10.2 Å². The lowest BCUT2D eigenvalue weighted by Gasteiger charge is -2.35. The van der Waals surface area contributed by atoms with E-state index in [0.717, 1.165) is 25.3 Å². The van der Waals surface area contributed by atoms with Gasteiger partial charge in [-0.3, -0.25) is 9.59 Å². The number of anilines is 2. The molecule has 27 heavy (non-hydrogen) atoms. The van der Waals surface area contributed by atoms with Gasteiger partial charge in [0.05, 0.1) is 5.69 Å². The van der Waals surface area contributed by atoms with Gasteiger partial charge >= 0.3 is 0 Å². The van der Waals surface area contributed by atoms with Gasteiger partial charge in [-0.25, -0.2) is 0 Å². The predicted molar refractivity (Wildman–Crippen MR) is 107 cm³/mol. The van der Waals surface area contributed by atoms with Crippen molar-refractivity contribution < 1.29 is 14.3 Å². The van der Waals surface area contributed by atoms with E-state index in [1.165, 1.54) is 19.3 Å². The second kappa shape index (κ2) is 7.89. The maximum atomic E-state index is 12.7. The monoisotopic (exact) mass is 373 g/mol. The number of carbonyl (C=O) groups is 2. The van der Waals surface area contributed by atoms with E-state index in [1.807, 2.05) is 43.9 Å². The van der Waals surface area contributed by atoms with Gasteiger partial charge in [-0.2, -0.15) is 0 Å². The van der Waals surface area contributed by atoms with E-state index in [0.29, 0.717) is 18.0 Å². The van der Waals surface area contributed by atoms with Crippen LogP contribution in [0.5, 0.6) is 5.75 Å². The molecule has 1 aromatic carbocycles. The summed E-state index contributed by atoms with van der Waals surface area (Å²) < 4.78 is 5.78. The molecule has 148 valence electrons. The molecule has 2 aliphatic heterocycles. The number of likely N-dealkylation sites (tertiary alicyclic amines) is 1. The molecule has 2 amide bonds. The summed E-state index contributed by atoms with van der Waals surface area (Å²) in [6.07, 6.45) is 3.26. The van der Waals surface area contributed by atoms with Gasteiger partial charge in [0.15, 0.2) is 6.10 Å². The highest BCUT2D eigenvalue weighted by Crippen LogP contribution is 2.36. The number of piperidine rings is 1. The largest absolute Gasteiger partial charge is 0.479 e. The SMILES string of the molecule is CC1Oc2ccc(NC(=O)C(C)(C)C)cc2N(CCN2CCCCC2)C1=O. The number of nitrogens with zero attached hydrogens (tertiary/aromatic N) is 2. The number of benzene rings is 1. The molecular formula is C21H31N3O3. The maximum Gasteiger partial charge on any atom is 0.267 e. The first-order valence-electron chi connectivity index (χ1n) is 9.91. The first kappa shape index (κ1) is 19.7. The fourth-order valence-electron chi connectivity index (χ4n) is 3.46. The van der Waals surface area contributed by atoms with Gasteiger partial charge in [0.25, 0.3) is 5.91 Å². The van der Waals surface area contributed by atoms with Crippen LogP contribution in [0.2, 0.25) is 0 Å². The molecule has 6 heteroatoms. The van der Waals surface area contributed by atoms with E-state index in [9.17, 15) is 9.59 Å². The fraction of sp³-hybridized carbons (Fsp3) is 0.619. The summed E-state index contributed by atoms with van der Waals surface area (Å²) in [6, 6.07) is 5.51. The van der Waals surface area contributed by atoms with Gasteiger partial charge in [0, 0.05) is 24.2 Å². The third-order valence-corrected chi connectivity index (χ3v) is 5.19. The van der Waals surface area contributed by atoms with Gasteiger partial charge in [-0.05, 0) is 51.1 Å². The van der Waals surface area contributed by atoms with Crippen molar-refractivity contribution in [1.29, 1.82) is 0 Å². The van der Waals surface area contributed by atoms with Crippen LogP contribution in [0, 0.1) is 5.41 Å². The molecule has 1 atom stereocenters. The summed E-state index contributed by atoms with van der Waals surface area (Å²) in [5.74, 6) is 0.604. The number of nitrogens with one attached hydrogen (secondary N) is 1. The quantitative estimate of drug-likeness (QED) is 0.880. The highest BCUT2D eigenvalue weighted by atomic mass is 16.5. The number of hydrogen-bond acceptors (Lipinski definition) is 4. The van der Waals surface area contributed by atoms with Crippen LogP contribution in [-0.4, -0.2) is 49.0 Å². The lowest BCUT2D eigenvalue weighted by atomic mass is 9.95. The summed E-state index contributed by atoms with van der Waals surface area (Å²) in [4.78, 5) is 29.3. The lowest BCUT2D eigenvalue weighted by molar-refractivity contribution is -0.125. The number of fused-ring (bicyclic) bond motifs is 1. The minimum absolute atomic E-state index is 0.0289. The number of amides is 2. The number of rotatable bonds is 4. The van der Waals surface area contributed by atoms with Crippen LogP contribution in [0.3, 0.4) is 0 Å². The van der Waals surface area contributed by atoms with E-state index in [4.69, 9.17) is 4.74 Å². The molecule has 0 spiro atoms. The van der Waals surface area contributed by atoms with Crippen molar-refractivity contribution in [2.45, 2.75) is 53.1 Å². The molecule has 0 saturated carbocycles. The maximum absolute atomic E-state index is 12.7. The Morgan fingerprint density at radius 3 is 2.56 bits per heavy atom. The molecule has 0 aliphatic carbocycles. The van der Waals surface area contributed by atoms with Crippen molar-refractivity contribution in [2.24, 2.45) is 5.41 Å². The first-order chi connectivity index (χ1) is 12.8. The van der Waals surface area contributed by atoms with Gasteiger partial charge in [-0.1, -0.05) is 27.2 Å². The van der Waals surface area contributed by atoms with Crippen LogP contribution in [0.1, 0.15) is 47.0 Å². The molecule has 3 rings (SSSR count). The molecule has 1 saturated heterocycles. The second-order valence-corrected chi connectivity index (χ2v) is 8.54. The van der Waals surface area contributed by atoms with E-state index in [-0.39, 0.29) is 11.8 Å². The summed E-state index contributed by atoms with van der Waals surface area (Å²) >= 11 is 0. The van der Waals surface area contributed by atoms with Crippen molar-refractivity contribution in [3.05, 3.63) is 18.2 Å². The first-order valence-corrected chi connectivity index (χ1v) is 9.91. The molecular weight excluding hydrogens is 342 g/mol. The van der Waals surface area contributed by atoms with E-state index >= 15 is 0 Å². The Morgan fingerprint density at radius 1 is 1.19 bits per heavy atom. The number of hydrogen-bond donors (Lipinski definition) is 1. The lowest BCUT2D eigenvalue weighted by Crippen LogP contribution is -2.48. The zero-order chi connectivity index (χ0) is 19.6. The standard InChI is InChI=1S/C21H31N3O3/c1-15-19(25)24(13-12-23-10-6-5-7-11-23)17-14-16(8-9-18(17)27-15)22-20(26)21(2,3)4/h8-9,14-15H,5-7,10-13H2,1-4H3,(H,22,26). The summed E-state index contributed by atoms with van der Waals surface area (Å²) in [7, 11) is 0. The number of ether oxygens (including phenoxy) is 1. The van der Waals surface area contributed by atoms with Gasteiger partial charge in [-0.15, -0.1) is 0 Å².